The second kappa shape index (κ2) is 3.59. The molecule has 0 heterocycles. The van der Waals surface area contributed by atoms with E-state index in [1.807, 2.05) is 0 Å². The third-order valence-electron chi connectivity index (χ3n) is 2.28. The lowest BCUT2D eigenvalue weighted by molar-refractivity contribution is -0.0383. The van der Waals surface area contributed by atoms with Crippen LogP contribution in [-0.2, 0) is 0 Å². The summed E-state index contributed by atoms with van der Waals surface area (Å²) in [5.74, 6) is -2.60. The van der Waals surface area contributed by atoms with E-state index in [0.29, 0.717) is 5.56 Å². The van der Waals surface area contributed by atoms with Crippen LogP contribution in [0.1, 0.15) is 12.0 Å². The Labute approximate surface area is 86.4 Å². The van der Waals surface area contributed by atoms with E-state index in [-0.39, 0.29) is 12.2 Å². The zero-order valence-electron chi connectivity index (χ0n) is 7.95. The molecule has 0 aromatic heterocycles. The number of alkyl halides is 1. The third kappa shape index (κ3) is 2.30. The van der Waals surface area contributed by atoms with Crippen LogP contribution in [0.4, 0.5) is 8.78 Å². The van der Waals surface area contributed by atoms with E-state index in [2.05, 4.69) is 0 Å². The van der Waals surface area contributed by atoms with Crippen molar-refractivity contribution in [3.05, 3.63) is 53.9 Å². The fourth-order valence-electron chi connectivity index (χ4n) is 1.49. The number of allylic oxidation sites excluding steroid dienone is 2. The summed E-state index contributed by atoms with van der Waals surface area (Å²) in [7, 11) is 0. The Balaban J connectivity index is 2.28. The molecule has 1 atom stereocenters. The Morgan fingerprint density at radius 1 is 1.33 bits per heavy atom. The van der Waals surface area contributed by atoms with Gasteiger partial charge in [-0.15, -0.1) is 0 Å². The summed E-state index contributed by atoms with van der Waals surface area (Å²) in [5.41, 5.74) is 1.40. The average molecular weight is 208 g/mol. The van der Waals surface area contributed by atoms with Gasteiger partial charge in [-0.1, -0.05) is 24.3 Å². The maximum absolute atomic E-state index is 13.0. The quantitative estimate of drug-likeness (QED) is 0.752. The highest BCUT2D eigenvalue weighted by Crippen LogP contribution is 2.27. The molecule has 2 rings (SSSR count). The molecular formula is C12H10F2O. The van der Waals surface area contributed by atoms with Crippen molar-refractivity contribution >= 4 is 5.57 Å². The molecule has 1 N–H and O–H groups in total. The summed E-state index contributed by atoms with van der Waals surface area (Å²) in [6.07, 6.45) is 3.98. The Morgan fingerprint density at radius 2 is 2.13 bits per heavy atom. The molecule has 1 aliphatic carbocycles. The number of benzene rings is 1. The zero-order chi connectivity index (χ0) is 10.9. The van der Waals surface area contributed by atoms with Crippen molar-refractivity contribution in [2.24, 2.45) is 0 Å². The lowest BCUT2D eigenvalue weighted by Gasteiger charge is -2.17. The van der Waals surface area contributed by atoms with Crippen molar-refractivity contribution in [1.82, 2.24) is 0 Å². The lowest BCUT2D eigenvalue weighted by Crippen LogP contribution is -2.19. The molecule has 1 aliphatic rings. The Bertz CT molecular complexity index is 433. The molecule has 0 aliphatic heterocycles. The number of aliphatic hydroxyl groups is 1. The van der Waals surface area contributed by atoms with Gasteiger partial charge < -0.3 is 5.11 Å². The first-order valence-corrected chi connectivity index (χ1v) is 4.63. The minimum atomic E-state index is -2.27. The molecular weight excluding hydrogens is 198 g/mol. The summed E-state index contributed by atoms with van der Waals surface area (Å²) in [6.45, 7) is 0. The van der Waals surface area contributed by atoms with Gasteiger partial charge in [0.25, 0.3) is 0 Å². The second-order valence-corrected chi connectivity index (χ2v) is 3.53. The van der Waals surface area contributed by atoms with E-state index in [4.69, 9.17) is 5.11 Å². The largest absolute Gasteiger partial charge is 0.358 e. The molecule has 78 valence electrons. The molecule has 0 spiro atoms. The van der Waals surface area contributed by atoms with Gasteiger partial charge in [-0.2, -0.15) is 0 Å². The van der Waals surface area contributed by atoms with Gasteiger partial charge in [-0.25, -0.2) is 8.78 Å². The fourth-order valence-corrected chi connectivity index (χ4v) is 1.49. The topological polar surface area (TPSA) is 20.2 Å². The summed E-state index contributed by atoms with van der Waals surface area (Å²) in [4.78, 5) is 0. The van der Waals surface area contributed by atoms with Crippen LogP contribution in [0.15, 0.2) is 42.5 Å². The second-order valence-electron chi connectivity index (χ2n) is 3.53. The highest BCUT2D eigenvalue weighted by molar-refractivity contribution is 5.75. The zero-order valence-corrected chi connectivity index (χ0v) is 7.95. The van der Waals surface area contributed by atoms with Crippen LogP contribution in [0.5, 0.6) is 0 Å². The van der Waals surface area contributed by atoms with Crippen LogP contribution in [0.25, 0.3) is 5.57 Å². The predicted octanol–water partition coefficient (Wildman–Crippen LogP) is 2.83. The average Bonchev–Trinajstić information content (AvgIpc) is 2.17. The summed E-state index contributed by atoms with van der Waals surface area (Å²) in [5, 5.41) is 9.02. The van der Waals surface area contributed by atoms with Crippen LogP contribution in [0.2, 0.25) is 0 Å². The fraction of sp³-hybridized carbons (Fsp3) is 0.167. The van der Waals surface area contributed by atoms with Crippen molar-refractivity contribution in [3.8, 4) is 0 Å². The predicted molar refractivity (Wildman–Crippen MR) is 54.2 cm³/mol. The van der Waals surface area contributed by atoms with E-state index in [1.165, 1.54) is 18.2 Å². The van der Waals surface area contributed by atoms with Crippen molar-refractivity contribution in [2.75, 3.05) is 0 Å². The summed E-state index contributed by atoms with van der Waals surface area (Å²) >= 11 is 0. The first kappa shape index (κ1) is 10.1. The van der Waals surface area contributed by atoms with E-state index in [0.717, 1.165) is 11.6 Å². The minimum Gasteiger partial charge on any atom is -0.358 e. The van der Waals surface area contributed by atoms with E-state index in [9.17, 15) is 8.78 Å². The molecule has 0 fully saturated rings. The number of hydrogen-bond acceptors (Lipinski definition) is 1. The highest BCUT2D eigenvalue weighted by Gasteiger charge is 2.23. The highest BCUT2D eigenvalue weighted by atomic mass is 19.2. The van der Waals surface area contributed by atoms with Gasteiger partial charge in [0.05, 0.1) is 0 Å². The third-order valence-corrected chi connectivity index (χ3v) is 2.28. The van der Waals surface area contributed by atoms with Gasteiger partial charge in [-0.3, -0.25) is 0 Å². The normalized spacial score (nSPS) is 25.1. The Hall–Kier alpha value is -1.48. The lowest BCUT2D eigenvalue weighted by atomic mass is 9.97. The van der Waals surface area contributed by atoms with Gasteiger partial charge in [0.2, 0.25) is 5.85 Å². The molecule has 1 aromatic carbocycles. The van der Waals surface area contributed by atoms with Gasteiger partial charge >= 0.3 is 0 Å². The minimum absolute atomic E-state index is 0.102. The summed E-state index contributed by atoms with van der Waals surface area (Å²) < 4.78 is 25.9. The molecule has 1 unspecified atom stereocenters. The number of rotatable bonds is 1. The maximum Gasteiger partial charge on any atom is 0.229 e. The SMILES string of the molecule is OC1(F)C=CC(c2cccc(F)c2)=CC1. The number of halogens is 2. The van der Waals surface area contributed by atoms with Crippen LogP contribution in [0, 0.1) is 5.82 Å². The standard InChI is InChI=1S/C12H10F2O/c13-11-3-1-2-10(8-11)9-4-6-12(14,15)7-5-9/h1-6,8,15H,7H2. The van der Waals surface area contributed by atoms with Crippen LogP contribution in [0.3, 0.4) is 0 Å². The van der Waals surface area contributed by atoms with Crippen molar-refractivity contribution in [1.29, 1.82) is 0 Å². The summed E-state index contributed by atoms with van der Waals surface area (Å²) in [6, 6.07) is 6.05. The monoisotopic (exact) mass is 208 g/mol. The van der Waals surface area contributed by atoms with E-state index < -0.39 is 5.85 Å². The molecule has 0 amide bonds. The van der Waals surface area contributed by atoms with Gasteiger partial charge in [0.1, 0.15) is 5.82 Å². The van der Waals surface area contributed by atoms with Crippen LogP contribution < -0.4 is 0 Å². The van der Waals surface area contributed by atoms with Gasteiger partial charge in [0.15, 0.2) is 0 Å². The van der Waals surface area contributed by atoms with Gasteiger partial charge in [0, 0.05) is 6.42 Å². The molecule has 1 nitrogen and oxygen atoms in total. The molecule has 0 saturated carbocycles. The number of hydrogen-bond donors (Lipinski definition) is 1. The Morgan fingerprint density at radius 3 is 2.73 bits per heavy atom. The van der Waals surface area contributed by atoms with Crippen molar-refractivity contribution in [2.45, 2.75) is 12.3 Å². The smallest absolute Gasteiger partial charge is 0.229 e. The van der Waals surface area contributed by atoms with Crippen LogP contribution >= 0.6 is 0 Å². The van der Waals surface area contributed by atoms with Crippen molar-refractivity contribution in [3.63, 3.8) is 0 Å². The maximum atomic E-state index is 13.0. The van der Waals surface area contributed by atoms with Crippen molar-refractivity contribution < 1.29 is 13.9 Å². The van der Waals surface area contributed by atoms with E-state index in [1.54, 1.807) is 18.2 Å². The van der Waals surface area contributed by atoms with Crippen LogP contribution in [-0.4, -0.2) is 11.0 Å². The van der Waals surface area contributed by atoms with Gasteiger partial charge in [-0.05, 0) is 29.3 Å². The molecule has 3 heteroatoms. The Kier molecular flexibility index (Phi) is 2.40. The molecule has 0 radical (unpaired) electrons. The first-order valence-electron chi connectivity index (χ1n) is 4.63. The molecule has 15 heavy (non-hydrogen) atoms. The molecule has 0 saturated heterocycles. The molecule has 0 bridgehead atoms. The molecule has 1 aromatic rings. The first-order chi connectivity index (χ1) is 7.07. The van der Waals surface area contributed by atoms with E-state index >= 15 is 0 Å².